The number of nitrogens with one attached hydrogen (secondary N) is 1. The zero-order valence-corrected chi connectivity index (χ0v) is 6.19. The summed E-state index contributed by atoms with van der Waals surface area (Å²) in [7, 11) is 0. The van der Waals surface area contributed by atoms with Gasteiger partial charge in [0.1, 0.15) is 0 Å². The van der Waals surface area contributed by atoms with Crippen molar-refractivity contribution >= 4 is 0 Å². The summed E-state index contributed by atoms with van der Waals surface area (Å²) in [5.41, 5.74) is 3.35. The van der Waals surface area contributed by atoms with Crippen molar-refractivity contribution < 1.29 is 0 Å². The molecule has 0 aromatic carbocycles. The molecule has 0 aromatic heterocycles. The highest BCUT2D eigenvalue weighted by Gasteiger charge is 2.06. The van der Waals surface area contributed by atoms with Gasteiger partial charge in [0.15, 0.2) is 0 Å². The second kappa shape index (κ2) is 3.85. The van der Waals surface area contributed by atoms with Crippen molar-refractivity contribution in [2.24, 2.45) is 0 Å². The van der Waals surface area contributed by atoms with E-state index in [9.17, 15) is 0 Å². The standard InChI is InChI=1S/C7H16N2/c1-2-6-9-7-4-3-5-8-9/h8H,2-7H2,1H3. The van der Waals surface area contributed by atoms with Gasteiger partial charge >= 0.3 is 0 Å². The second-order valence-corrected chi connectivity index (χ2v) is 2.60. The second-order valence-electron chi connectivity index (χ2n) is 2.60. The summed E-state index contributed by atoms with van der Waals surface area (Å²) < 4.78 is 0. The van der Waals surface area contributed by atoms with Gasteiger partial charge in [0.2, 0.25) is 0 Å². The number of nitrogens with zero attached hydrogens (tertiary/aromatic N) is 1. The van der Waals surface area contributed by atoms with Crippen LogP contribution < -0.4 is 5.43 Å². The zero-order chi connectivity index (χ0) is 6.53. The van der Waals surface area contributed by atoms with Crippen molar-refractivity contribution in [2.75, 3.05) is 19.6 Å². The lowest BCUT2D eigenvalue weighted by molar-refractivity contribution is 0.153. The average Bonchev–Trinajstić information content (AvgIpc) is 1.91. The van der Waals surface area contributed by atoms with E-state index in [-0.39, 0.29) is 0 Å². The van der Waals surface area contributed by atoms with Crippen LogP contribution in [-0.2, 0) is 0 Å². The summed E-state index contributed by atoms with van der Waals surface area (Å²) in [5, 5.41) is 2.32. The summed E-state index contributed by atoms with van der Waals surface area (Å²) in [4.78, 5) is 0. The molecule has 9 heavy (non-hydrogen) atoms. The summed E-state index contributed by atoms with van der Waals surface area (Å²) in [5.74, 6) is 0. The third-order valence-electron chi connectivity index (χ3n) is 1.68. The average molecular weight is 128 g/mol. The Balaban J connectivity index is 2.08. The predicted molar refractivity (Wildman–Crippen MR) is 39.1 cm³/mol. The molecule has 0 aliphatic carbocycles. The van der Waals surface area contributed by atoms with Gasteiger partial charge in [-0.1, -0.05) is 6.92 Å². The first-order valence-corrected chi connectivity index (χ1v) is 3.92. The lowest BCUT2D eigenvalue weighted by Gasteiger charge is -2.26. The highest BCUT2D eigenvalue weighted by molar-refractivity contribution is 4.58. The van der Waals surface area contributed by atoms with E-state index >= 15 is 0 Å². The molecule has 1 heterocycles. The maximum atomic E-state index is 3.35. The van der Waals surface area contributed by atoms with Gasteiger partial charge in [0.05, 0.1) is 0 Å². The summed E-state index contributed by atoms with van der Waals surface area (Å²) in [6, 6.07) is 0. The highest BCUT2D eigenvalue weighted by atomic mass is 15.5. The van der Waals surface area contributed by atoms with E-state index in [1.807, 2.05) is 0 Å². The Kier molecular flexibility index (Phi) is 3.01. The van der Waals surface area contributed by atoms with Gasteiger partial charge in [0.25, 0.3) is 0 Å². The summed E-state index contributed by atoms with van der Waals surface area (Å²) >= 11 is 0. The molecule has 1 N–H and O–H groups in total. The van der Waals surface area contributed by atoms with Crippen LogP contribution in [0.4, 0.5) is 0 Å². The monoisotopic (exact) mass is 128 g/mol. The molecular formula is C7H16N2. The molecule has 2 nitrogen and oxygen atoms in total. The predicted octanol–water partition coefficient (Wildman–Crippen LogP) is 0.997. The minimum Gasteiger partial charge on any atom is -0.255 e. The van der Waals surface area contributed by atoms with Crippen LogP contribution in [0, 0.1) is 0 Å². The lowest BCUT2D eigenvalue weighted by Crippen LogP contribution is -2.43. The van der Waals surface area contributed by atoms with E-state index in [0.29, 0.717) is 0 Å². The Hall–Kier alpha value is -0.0800. The maximum absolute atomic E-state index is 3.35. The quantitative estimate of drug-likeness (QED) is 0.596. The third kappa shape index (κ3) is 2.33. The van der Waals surface area contributed by atoms with Crippen molar-refractivity contribution in [3.8, 4) is 0 Å². The van der Waals surface area contributed by atoms with E-state index in [0.717, 1.165) is 0 Å². The van der Waals surface area contributed by atoms with Gasteiger partial charge in [-0.05, 0) is 19.3 Å². The molecule has 0 atom stereocenters. The molecule has 2 heteroatoms. The van der Waals surface area contributed by atoms with E-state index in [1.165, 1.54) is 38.9 Å². The van der Waals surface area contributed by atoms with Crippen LogP contribution in [0.5, 0.6) is 0 Å². The van der Waals surface area contributed by atoms with E-state index < -0.39 is 0 Å². The molecule has 0 amide bonds. The first-order chi connectivity index (χ1) is 4.43. The van der Waals surface area contributed by atoms with E-state index in [1.54, 1.807) is 0 Å². The van der Waals surface area contributed by atoms with Gasteiger partial charge in [-0.2, -0.15) is 0 Å². The van der Waals surface area contributed by atoms with Crippen molar-refractivity contribution in [3.05, 3.63) is 0 Å². The molecule has 1 aliphatic heterocycles. The largest absolute Gasteiger partial charge is 0.255 e. The van der Waals surface area contributed by atoms with Crippen LogP contribution in [0.25, 0.3) is 0 Å². The normalized spacial score (nSPS) is 22.3. The van der Waals surface area contributed by atoms with Crippen LogP contribution in [0.1, 0.15) is 26.2 Å². The number of hydrogen-bond donors (Lipinski definition) is 1. The Morgan fingerprint density at radius 2 is 2.33 bits per heavy atom. The molecule has 1 fully saturated rings. The van der Waals surface area contributed by atoms with E-state index in [2.05, 4.69) is 17.4 Å². The molecular weight excluding hydrogens is 112 g/mol. The number of hydrogen-bond acceptors (Lipinski definition) is 2. The van der Waals surface area contributed by atoms with Crippen LogP contribution in [0.15, 0.2) is 0 Å². The molecule has 0 unspecified atom stereocenters. The summed E-state index contributed by atoms with van der Waals surface area (Å²) in [6.45, 7) is 5.85. The van der Waals surface area contributed by atoms with Gasteiger partial charge in [-0.15, -0.1) is 0 Å². The van der Waals surface area contributed by atoms with Crippen molar-refractivity contribution in [3.63, 3.8) is 0 Å². The Bertz CT molecular complexity index is 64.6. The lowest BCUT2D eigenvalue weighted by atomic mass is 10.2. The van der Waals surface area contributed by atoms with Gasteiger partial charge < -0.3 is 0 Å². The Morgan fingerprint density at radius 1 is 1.44 bits per heavy atom. The maximum Gasteiger partial charge on any atom is 0.0131 e. The minimum atomic E-state index is 1.18. The Morgan fingerprint density at radius 3 is 2.89 bits per heavy atom. The fraction of sp³-hybridized carbons (Fsp3) is 1.00. The first-order valence-electron chi connectivity index (χ1n) is 3.92. The molecule has 0 radical (unpaired) electrons. The van der Waals surface area contributed by atoms with Crippen molar-refractivity contribution in [1.29, 1.82) is 0 Å². The smallest absolute Gasteiger partial charge is 0.0131 e. The molecule has 0 spiro atoms. The van der Waals surface area contributed by atoms with Gasteiger partial charge in [-0.25, -0.2) is 5.01 Å². The molecule has 54 valence electrons. The van der Waals surface area contributed by atoms with Gasteiger partial charge in [0, 0.05) is 19.6 Å². The molecule has 1 rings (SSSR count). The molecule has 1 aliphatic rings. The fourth-order valence-corrected chi connectivity index (χ4v) is 1.20. The molecule has 0 bridgehead atoms. The fourth-order valence-electron chi connectivity index (χ4n) is 1.20. The van der Waals surface area contributed by atoms with Crippen LogP contribution in [0.2, 0.25) is 0 Å². The van der Waals surface area contributed by atoms with Gasteiger partial charge in [-0.3, -0.25) is 5.43 Å². The third-order valence-corrected chi connectivity index (χ3v) is 1.68. The first kappa shape index (κ1) is 7.03. The summed E-state index contributed by atoms with van der Waals surface area (Å²) in [6.07, 6.45) is 3.97. The van der Waals surface area contributed by atoms with Crippen LogP contribution >= 0.6 is 0 Å². The highest BCUT2D eigenvalue weighted by Crippen LogP contribution is 1.98. The minimum absolute atomic E-state index is 1.18. The van der Waals surface area contributed by atoms with Crippen LogP contribution in [-0.4, -0.2) is 24.6 Å². The zero-order valence-electron chi connectivity index (χ0n) is 6.19. The SMILES string of the molecule is CCCN1CCCCN1. The number of hydrazine groups is 1. The topological polar surface area (TPSA) is 15.3 Å². The van der Waals surface area contributed by atoms with Crippen molar-refractivity contribution in [2.45, 2.75) is 26.2 Å². The molecule has 1 saturated heterocycles. The Labute approximate surface area is 57.2 Å². The number of rotatable bonds is 2. The molecule has 0 aromatic rings. The van der Waals surface area contributed by atoms with Crippen LogP contribution in [0.3, 0.4) is 0 Å². The van der Waals surface area contributed by atoms with Crippen molar-refractivity contribution in [1.82, 2.24) is 10.4 Å². The molecule has 0 saturated carbocycles. The van der Waals surface area contributed by atoms with E-state index in [4.69, 9.17) is 0 Å².